The molecule has 0 atom stereocenters. The summed E-state index contributed by atoms with van der Waals surface area (Å²) < 4.78 is 37.1. The second-order valence-corrected chi connectivity index (χ2v) is 3.99. The second-order valence-electron chi connectivity index (χ2n) is 3.18. The van der Waals surface area contributed by atoms with E-state index in [0.29, 0.717) is 17.3 Å². The molecule has 17 heavy (non-hydrogen) atoms. The molecule has 0 aliphatic rings. The number of hydrogen-bond acceptors (Lipinski definition) is 1. The number of hydrogen-bond donors (Lipinski definition) is 2. The zero-order chi connectivity index (χ0) is 13.1. The first-order chi connectivity index (χ1) is 7.84. The summed E-state index contributed by atoms with van der Waals surface area (Å²) in [5.74, 6) is 0. The van der Waals surface area contributed by atoms with Crippen LogP contribution in [-0.2, 0) is 6.18 Å². The Kier molecular flexibility index (Phi) is 4.59. The maximum absolute atomic E-state index is 12.4. The molecule has 94 valence electrons. The van der Waals surface area contributed by atoms with Gasteiger partial charge in [0, 0.05) is 6.54 Å². The highest BCUT2D eigenvalue weighted by molar-refractivity contribution is 7.80. The third kappa shape index (κ3) is 4.05. The Morgan fingerprint density at radius 1 is 1.41 bits per heavy atom. The summed E-state index contributed by atoms with van der Waals surface area (Å²) in [4.78, 5) is 0. The van der Waals surface area contributed by atoms with E-state index in [0.717, 1.165) is 12.1 Å². The molecular formula is C10H10ClF3N2S. The van der Waals surface area contributed by atoms with E-state index in [2.05, 4.69) is 10.6 Å². The zero-order valence-electron chi connectivity index (χ0n) is 8.86. The van der Waals surface area contributed by atoms with E-state index in [1.807, 2.05) is 6.92 Å². The molecule has 1 aromatic carbocycles. The fourth-order valence-electron chi connectivity index (χ4n) is 1.12. The van der Waals surface area contributed by atoms with Crippen molar-refractivity contribution in [2.24, 2.45) is 0 Å². The van der Waals surface area contributed by atoms with Gasteiger partial charge >= 0.3 is 6.18 Å². The van der Waals surface area contributed by atoms with Crippen molar-refractivity contribution >= 4 is 34.6 Å². The number of rotatable bonds is 2. The van der Waals surface area contributed by atoms with Gasteiger partial charge in [0.1, 0.15) is 0 Å². The number of nitrogens with one attached hydrogen (secondary N) is 2. The lowest BCUT2D eigenvalue weighted by Crippen LogP contribution is -2.28. The standard InChI is InChI=1S/C10H10ClF3N2S/c1-2-15-9(17)16-8-4-3-6(5-7(8)11)10(12,13)14/h3-5H,2H2,1H3,(H2,15,16,17). The number of thiocarbonyl (C=S) groups is 1. The minimum Gasteiger partial charge on any atom is -0.363 e. The van der Waals surface area contributed by atoms with Crippen LogP contribution in [0.4, 0.5) is 18.9 Å². The Morgan fingerprint density at radius 3 is 2.53 bits per heavy atom. The van der Waals surface area contributed by atoms with Crippen LogP contribution in [0.15, 0.2) is 18.2 Å². The Balaban J connectivity index is 2.87. The monoisotopic (exact) mass is 282 g/mol. The molecule has 0 bridgehead atoms. The van der Waals surface area contributed by atoms with E-state index in [9.17, 15) is 13.2 Å². The van der Waals surface area contributed by atoms with Crippen molar-refractivity contribution in [2.75, 3.05) is 11.9 Å². The first-order valence-corrected chi connectivity index (χ1v) is 5.54. The van der Waals surface area contributed by atoms with Crippen LogP contribution in [0.3, 0.4) is 0 Å². The summed E-state index contributed by atoms with van der Waals surface area (Å²) in [5, 5.41) is 5.80. The maximum atomic E-state index is 12.4. The van der Waals surface area contributed by atoms with Crippen molar-refractivity contribution < 1.29 is 13.2 Å². The number of halogens is 4. The van der Waals surface area contributed by atoms with E-state index >= 15 is 0 Å². The summed E-state index contributed by atoms with van der Waals surface area (Å²) >= 11 is 10.6. The molecule has 2 N–H and O–H groups in total. The third-order valence-corrected chi connectivity index (χ3v) is 2.44. The van der Waals surface area contributed by atoms with Crippen LogP contribution < -0.4 is 10.6 Å². The van der Waals surface area contributed by atoms with Gasteiger partial charge in [0.05, 0.1) is 16.3 Å². The molecule has 0 radical (unpaired) electrons. The topological polar surface area (TPSA) is 24.1 Å². The van der Waals surface area contributed by atoms with E-state index in [1.165, 1.54) is 6.07 Å². The van der Waals surface area contributed by atoms with Crippen LogP contribution in [0, 0.1) is 0 Å². The molecule has 0 heterocycles. The largest absolute Gasteiger partial charge is 0.416 e. The van der Waals surface area contributed by atoms with Crippen molar-refractivity contribution in [3.05, 3.63) is 28.8 Å². The lowest BCUT2D eigenvalue weighted by molar-refractivity contribution is -0.137. The summed E-state index contributed by atoms with van der Waals surface area (Å²) in [6.45, 7) is 2.46. The Morgan fingerprint density at radius 2 is 2.06 bits per heavy atom. The number of benzene rings is 1. The van der Waals surface area contributed by atoms with Gasteiger partial charge in [0.25, 0.3) is 0 Å². The molecule has 2 nitrogen and oxygen atoms in total. The molecule has 0 aliphatic heterocycles. The molecule has 0 fully saturated rings. The van der Waals surface area contributed by atoms with Crippen molar-refractivity contribution in [3.8, 4) is 0 Å². The average Bonchev–Trinajstić information content (AvgIpc) is 2.20. The highest BCUT2D eigenvalue weighted by Crippen LogP contribution is 2.33. The molecular weight excluding hydrogens is 273 g/mol. The molecule has 7 heteroatoms. The van der Waals surface area contributed by atoms with Gasteiger partial charge in [-0.25, -0.2) is 0 Å². The predicted molar refractivity (Wildman–Crippen MR) is 66.4 cm³/mol. The highest BCUT2D eigenvalue weighted by Gasteiger charge is 2.30. The molecule has 0 aliphatic carbocycles. The molecule has 0 saturated heterocycles. The van der Waals surface area contributed by atoms with Crippen LogP contribution in [0.2, 0.25) is 5.02 Å². The third-order valence-electron chi connectivity index (χ3n) is 1.88. The molecule has 0 spiro atoms. The smallest absolute Gasteiger partial charge is 0.363 e. The van der Waals surface area contributed by atoms with Gasteiger partial charge in [-0.15, -0.1) is 0 Å². The Hall–Kier alpha value is -1.01. The van der Waals surface area contributed by atoms with Gasteiger partial charge in [-0.05, 0) is 37.3 Å². The van der Waals surface area contributed by atoms with Crippen molar-refractivity contribution in [3.63, 3.8) is 0 Å². The van der Waals surface area contributed by atoms with Crippen molar-refractivity contribution in [1.82, 2.24) is 5.32 Å². The summed E-state index contributed by atoms with van der Waals surface area (Å²) in [5.41, 5.74) is -0.451. The first-order valence-electron chi connectivity index (χ1n) is 4.76. The minimum atomic E-state index is -4.40. The summed E-state index contributed by atoms with van der Waals surface area (Å²) in [6, 6.07) is 3.05. The van der Waals surface area contributed by atoms with Crippen LogP contribution in [0.1, 0.15) is 12.5 Å². The lowest BCUT2D eigenvalue weighted by atomic mass is 10.2. The molecule has 1 aromatic rings. The van der Waals surface area contributed by atoms with E-state index in [4.69, 9.17) is 23.8 Å². The van der Waals surface area contributed by atoms with Crippen LogP contribution in [0.25, 0.3) is 0 Å². The van der Waals surface area contributed by atoms with Crippen molar-refractivity contribution in [2.45, 2.75) is 13.1 Å². The van der Waals surface area contributed by atoms with Crippen LogP contribution >= 0.6 is 23.8 Å². The Bertz CT molecular complexity index is 421. The van der Waals surface area contributed by atoms with Crippen molar-refractivity contribution in [1.29, 1.82) is 0 Å². The van der Waals surface area contributed by atoms with Gasteiger partial charge < -0.3 is 10.6 Å². The van der Waals surface area contributed by atoms with E-state index < -0.39 is 11.7 Å². The lowest BCUT2D eigenvalue weighted by Gasteiger charge is -2.12. The van der Waals surface area contributed by atoms with Gasteiger partial charge in [-0.3, -0.25) is 0 Å². The molecule has 0 saturated carbocycles. The van der Waals surface area contributed by atoms with Gasteiger partial charge in [0.2, 0.25) is 0 Å². The molecule has 0 aromatic heterocycles. The molecule has 1 rings (SSSR count). The van der Waals surface area contributed by atoms with Crippen LogP contribution in [-0.4, -0.2) is 11.7 Å². The predicted octanol–water partition coefficient (Wildman–Crippen LogP) is 3.67. The molecule has 0 unspecified atom stereocenters. The normalized spacial score (nSPS) is 11.1. The van der Waals surface area contributed by atoms with E-state index in [1.54, 1.807) is 0 Å². The van der Waals surface area contributed by atoms with Gasteiger partial charge in [0.15, 0.2) is 5.11 Å². The first kappa shape index (κ1) is 14.1. The zero-order valence-corrected chi connectivity index (χ0v) is 10.4. The average molecular weight is 283 g/mol. The SMILES string of the molecule is CCNC(=S)Nc1ccc(C(F)(F)F)cc1Cl. The Labute approximate surface area is 107 Å². The van der Waals surface area contributed by atoms with Crippen LogP contribution in [0.5, 0.6) is 0 Å². The quantitative estimate of drug-likeness (QED) is 0.810. The maximum Gasteiger partial charge on any atom is 0.416 e. The number of anilines is 1. The summed E-state index contributed by atoms with van der Waals surface area (Å²) in [7, 11) is 0. The fourth-order valence-corrected chi connectivity index (χ4v) is 1.60. The second kappa shape index (κ2) is 5.55. The van der Waals surface area contributed by atoms with Gasteiger partial charge in [-0.2, -0.15) is 13.2 Å². The highest BCUT2D eigenvalue weighted by atomic mass is 35.5. The van der Waals surface area contributed by atoms with E-state index in [-0.39, 0.29) is 5.02 Å². The van der Waals surface area contributed by atoms with Gasteiger partial charge in [-0.1, -0.05) is 11.6 Å². The summed E-state index contributed by atoms with van der Waals surface area (Å²) in [6.07, 6.45) is -4.40. The fraction of sp³-hybridized carbons (Fsp3) is 0.300. The minimum absolute atomic E-state index is 0.0277. The number of alkyl halides is 3. The molecule has 0 amide bonds.